The van der Waals surface area contributed by atoms with Crippen molar-refractivity contribution in [2.45, 2.75) is 116 Å². The van der Waals surface area contributed by atoms with E-state index in [1.807, 2.05) is 95.0 Å². The minimum atomic E-state index is -0.498. The number of nitrogens with two attached hydrogens (primary N) is 1. The monoisotopic (exact) mass is 952 g/mol. The molecule has 69 heavy (non-hydrogen) atoms. The number of ether oxygens (including phenoxy) is 2. The maximum Gasteiger partial charge on any atom is 0.410 e. The molecule has 14 nitrogen and oxygen atoms in total. The summed E-state index contributed by atoms with van der Waals surface area (Å²) >= 11 is 0. The number of aliphatic hydroxyl groups excluding tert-OH is 3. The lowest BCUT2D eigenvalue weighted by Crippen LogP contribution is -2.51. The molecule has 6 N–H and O–H groups in total. The standard InChI is InChI=1S/C22H32N2O3.C11H19NO3.C11H13NO.C9H6O.C2H7NO/c1-5-18-9-11-19(12-10-18)16-23(14-15-25)17-20-8-6-7-13-24(20)21(26)27-22(2,3)4;1-11(2,3)15-10(14)12-7-5-4-6-9(12)8-13;1-2-10-3-5-11(6-4-10)9-12-7-8-13;1-2-8-3-5-9(7-10)6-4-8;3-1-2-4/h1,9-12,20,25H,6-8,13-17H2,2-4H3;8-9H,4-7H2,1-3H3;1,3-6,12-13H,7-9H2;1,3-7H;4H,1-3H2. The highest BCUT2D eigenvalue weighted by Gasteiger charge is 2.32. The van der Waals surface area contributed by atoms with E-state index in [2.05, 4.69) is 28.0 Å². The number of benzene rings is 3. The van der Waals surface area contributed by atoms with Crippen molar-refractivity contribution in [3.63, 3.8) is 0 Å². The van der Waals surface area contributed by atoms with Gasteiger partial charge in [-0.25, -0.2) is 9.59 Å². The SMILES string of the molecule is C#Cc1ccc(C=O)cc1.C#Cc1ccc(CN(CCO)CC2CCCCN2C(=O)OC(C)(C)C)cc1.C#Cc1ccc(CNCCO)cc1.CC(C)(C)OC(=O)N1CCCCC1C=O.NCCO. The van der Waals surface area contributed by atoms with E-state index in [9.17, 15) is 24.3 Å². The molecule has 2 aliphatic rings. The highest BCUT2D eigenvalue weighted by Crippen LogP contribution is 2.23. The topological polar surface area (TPSA) is 195 Å². The minimum absolute atomic E-state index is 0.0849. The summed E-state index contributed by atoms with van der Waals surface area (Å²) in [7, 11) is 0. The third kappa shape index (κ3) is 26.9. The number of hydrogen-bond donors (Lipinski definition) is 5. The molecular formula is C55H77N5O9. The molecule has 2 unspecified atom stereocenters. The van der Waals surface area contributed by atoms with Crippen LogP contribution >= 0.6 is 0 Å². The molecule has 2 saturated heterocycles. The summed E-state index contributed by atoms with van der Waals surface area (Å²) < 4.78 is 10.8. The van der Waals surface area contributed by atoms with Gasteiger partial charge in [0, 0.05) is 80.7 Å². The molecule has 2 heterocycles. The molecule has 0 aliphatic carbocycles. The Morgan fingerprint density at radius 1 is 0.710 bits per heavy atom. The van der Waals surface area contributed by atoms with Gasteiger partial charge < -0.3 is 45.5 Å². The largest absolute Gasteiger partial charge is 0.444 e. The number of carbonyl (C=O) groups is 4. The maximum atomic E-state index is 12.6. The summed E-state index contributed by atoms with van der Waals surface area (Å²) in [5.41, 5.74) is 9.30. The molecule has 2 fully saturated rings. The van der Waals surface area contributed by atoms with Crippen LogP contribution in [0, 0.1) is 37.0 Å². The molecule has 0 aromatic heterocycles. The molecule has 5 rings (SSSR count). The number of nitrogens with zero attached hydrogens (tertiary/aromatic N) is 3. The molecule has 0 saturated carbocycles. The van der Waals surface area contributed by atoms with Crippen LogP contribution in [0.1, 0.15) is 118 Å². The van der Waals surface area contributed by atoms with Crippen LogP contribution in [0.15, 0.2) is 72.8 Å². The lowest BCUT2D eigenvalue weighted by molar-refractivity contribution is -0.113. The second kappa shape index (κ2) is 34.3. The summed E-state index contributed by atoms with van der Waals surface area (Å²) in [6, 6.07) is 22.4. The predicted octanol–water partition coefficient (Wildman–Crippen LogP) is 6.39. The molecule has 14 heteroatoms. The molecule has 0 spiro atoms. The van der Waals surface area contributed by atoms with Gasteiger partial charge in [0.05, 0.1) is 25.9 Å². The first-order chi connectivity index (χ1) is 32.9. The third-order valence-electron chi connectivity index (χ3n) is 10.1. The van der Waals surface area contributed by atoms with Gasteiger partial charge in [0.25, 0.3) is 0 Å². The number of likely N-dealkylation sites (tertiary alicyclic amines) is 2. The van der Waals surface area contributed by atoms with Crippen molar-refractivity contribution < 1.29 is 44.0 Å². The zero-order valence-corrected chi connectivity index (χ0v) is 41.7. The molecule has 2 atom stereocenters. The highest BCUT2D eigenvalue weighted by molar-refractivity contribution is 5.75. The zero-order valence-electron chi connectivity index (χ0n) is 41.7. The second-order valence-corrected chi connectivity index (χ2v) is 18.1. The van der Waals surface area contributed by atoms with Crippen LogP contribution in [-0.4, -0.2) is 137 Å². The number of piperidine rings is 2. The van der Waals surface area contributed by atoms with Gasteiger partial charge in [-0.1, -0.05) is 54.2 Å². The Labute approximate surface area is 411 Å². The van der Waals surface area contributed by atoms with Gasteiger partial charge in [0.15, 0.2) is 0 Å². The van der Waals surface area contributed by atoms with Crippen LogP contribution in [0.2, 0.25) is 0 Å². The number of nitrogens with one attached hydrogen (secondary N) is 1. The van der Waals surface area contributed by atoms with Crippen molar-refractivity contribution in [2.24, 2.45) is 5.73 Å². The summed E-state index contributed by atoms with van der Waals surface area (Å²) in [6.07, 6.45) is 22.5. The average Bonchev–Trinajstić information content (AvgIpc) is 3.34. The van der Waals surface area contributed by atoms with Gasteiger partial charge in [0.1, 0.15) is 23.8 Å². The van der Waals surface area contributed by atoms with Crippen LogP contribution < -0.4 is 11.1 Å². The average molecular weight is 952 g/mol. The molecule has 3 aromatic rings. The predicted molar refractivity (Wildman–Crippen MR) is 273 cm³/mol. The number of aldehydes is 2. The first-order valence-electron chi connectivity index (χ1n) is 23.4. The van der Waals surface area contributed by atoms with Gasteiger partial charge in [0.2, 0.25) is 0 Å². The van der Waals surface area contributed by atoms with Gasteiger partial charge in [-0.3, -0.25) is 14.6 Å². The van der Waals surface area contributed by atoms with Gasteiger partial charge >= 0.3 is 12.2 Å². The minimum Gasteiger partial charge on any atom is -0.444 e. The lowest BCUT2D eigenvalue weighted by atomic mass is 10.0. The van der Waals surface area contributed by atoms with E-state index in [1.54, 1.807) is 24.3 Å². The fraction of sp³-hybridized carbons (Fsp3) is 0.491. The number of carbonyl (C=O) groups excluding carboxylic acids is 4. The van der Waals surface area contributed by atoms with Crippen molar-refractivity contribution in [3.05, 3.63) is 106 Å². The van der Waals surface area contributed by atoms with Crippen LogP contribution in [0.5, 0.6) is 0 Å². The van der Waals surface area contributed by atoms with Crippen molar-refractivity contribution in [2.75, 3.05) is 59.1 Å². The maximum absolute atomic E-state index is 12.6. The van der Waals surface area contributed by atoms with Crippen LogP contribution in [0.4, 0.5) is 9.59 Å². The van der Waals surface area contributed by atoms with Crippen molar-refractivity contribution in [1.82, 2.24) is 20.0 Å². The molecular weight excluding hydrogens is 875 g/mol. The summed E-state index contributed by atoms with van der Waals surface area (Å²) in [6.45, 7) is 16.6. The number of aliphatic hydroxyl groups is 3. The molecule has 2 amide bonds. The van der Waals surface area contributed by atoms with E-state index in [4.69, 9.17) is 44.7 Å². The Kier molecular flexibility index (Phi) is 30.3. The highest BCUT2D eigenvalue weighted by atomic mass is 16.6. The number of amides is 2. The van der Waals surface area contributed by atoms with Crippen LogP contribution in [-0.2, 0) is 27.4 Å². The van der Waals surface area contributed by atoms with Gasteiger partial charge in [-0.05, 0) is 128 Å². The summed E-state index contributed by atoms with van der Waals surface area (Å²) in [5.74, 6) is 7.65. The molecule has 2 aliphatic heterocycles. The van der Waals surface area contributed by atoms with Gasteiger partial charge in [-0.2, -0.15) is 0 Å². The molecule has 3 aromatic carbocycles. The summed E-state index contributed by atoms with van der Waals surface area (Å²) in [5, 5.41) is 28.9. The normalized spacial score (nSPS) is 15.2. The van der Waals surface area contributed by atoms with Crippen LogP contribution in [0.25, 0.3) is 0 Å². The smallest absolute Gasteiger partial charge is 0.410 e. The van der Waals surface area contributed by atoms with Gasteiger partial charge in [-0.15, -0.1) is 19.3 Å². The second-order valence-electron chi connectivity index (χ2n) is 18.1. The molecule has 0 radical (unpaired) electrons. The van der Waals surface area contributed by atoms with E-state index in [0.29, 0.717) is 38.3 Å². The van der Waals surface area contributed by atoms with E-state index in [0.717, 1.165) is 93.0 Å². The Hall–Kier alpha value is -6.02. The van der Waals surface area contributed by atoms with Crippen LogP contribution in [0.3, 0.4) is 0 Å². The zero-order chi connectivity index (χ0) is 51.7. The number of rotatable bonds is 13. The van der Waals surface area contributed by atoms with E-state index < -0.39 is 11.2 Å². The van der Waals surface area contributed by atoms with Crippen molar-refractivity contribution in [1.29, 1.82) is 0 Å². The molecule has 376 valence electrons. The van der Waals surface area contributed by atoms with Crippen molar-refractivity contribution >= 4 is 24.8 Å². The lowest BCUT2D eigenvalue weighted by Gasteiger charge is -2.39. The Morgan fingerprint density at radius 2 is 1.17 bits per heavy atom. The van der Waals surface area contributed by atoms with E-state index >= 15 is 0 Å². The quantitative estimate of drug-likeness (QED) is 0.0721. The van der Waals surface area contributed by atoms with Crippen molar-refractivity contribution in [3.8, 4) is 37.0 Å². The number of terminal acetylenes is 3. The third-order valence-corrected chi connectivity index (χ3v) is 10.1. The Balaban J connectivity index is 0.000000480. The molecule has 0 bridgehead atoms. The summed E-state index contributed by atoms with van der Waals surface area (Å²) in [4.78, 5) is 50.9. The fourth-order valence-corrected chi connectivity index (χ4v) is 6.72. The van der Waals surface area contributed by atoms with E-state index in [-0.39, 0.29) is 44.1 Å². The Morgan fingerprint density at radius 3 is 1.61 bits per heavy atom. The fourth-order valence-electron chi connectivity index (χ4n) is 6.72. The first kappa shape index (κ1) is 61.0. The Bertz CT molecular complexity index is 2040. The first-order valence-corrected chi connectivity index (χ1v) is 23.4. The number of hydrogen-bond acceptors (Lipinski definition) is 12. The van der Waals surface area contributed by atoms with E-state index in [1.165, 1.54) is 10.5 Å².